The first-order valence-corrected chi connectivity index (χ1v) is 9.35. The van der Waals surface area contributed by atoms with E-state index in [1.165, 1.54) is 13.3 Å². The Bertz CT molecular complexity index is 1040. The van der Waals surface area contributed by atoms with Crippen molar-refractivity contribution >= 4 is 17.3 Å². The summed E-state index contributed by atoms with van der Waals surface area (Å²) in [6, 6.07) is 10.3. The number of halogens is 1. The van der Waals surface area contributed by atoms with Gasteiger partial charge in [0.2, 0.25) is 0 Å². The molecular weight excluding hydrogens is 385 g/mol. The monoisotopic (exact) mass is 401 g/mol. The molecule has 0 fully saturated rings. The van der Waals surface area contributed by atoms with Crippen molar-refractivity contribution in [3.8, 4) is 22.4 Å². The van der Waals surface area contributed by atoms with Crippen LogP contribution in [-0.2, 0) is 6.42 Å². The second-order valence-electron chi connectivity index (χ2n) is 6.18. The van der Waals surface area contributed by atoms with Crippen molar-refractivity contribution in [1.29, 1.82) is 0 Å². The quantitative estimate of drug-likeness (QED) is 0.659. The molecule has 1 unspecified atom stereocenters. The highest BCUT2D eigenvalue weighted by Gasteiger charge is 2.25. The van der Waals surface area contributed by atoms with E-state index in [1.807, 2.05) is 6.07 Å². The van der Waals surface area contributed by atoms with E-state index in [4.69, 9.17) is 19.3 Å². The van der Waals surface area contributed by atoms with Crippen molar-refractivity contribution in [2.75, 3.05) is 7.11 Å². The fourth-order valence-electron chi connectivity index (χ4n) is 3.09. The summed E-state index contributed by atoms with van der Waals surface area (Å²) in [5.41, 5.74) is 1.40. The first-order valence-electron chi connectivity index (χ1n) is 8.54. The smallest absolute Gasteiger partial charge is 0.347 e. The number of methoxy groups -OCH3 is 1. The largest absolute Gasteiger partial charge is 0.494 e. The minimum Gasteiger partial charge on any atom is -0.494 e. The Labute approximate surface area is 164 Å². The summed E-state index contributed by atoms with van der Waals surface area (Å²) in [6.45, 7) is 0. The lowest BCUT2D eigenvalue weighted by Crippen LogP contribution is -2.16. The Morgan fingerprint density at radius 3 is 2.96 bits per heavy atom. The molecule has 1 N–H and O–H groups in total. The summed E-state index contributed by atoms with van der Waals surface area (Å²) >= 11 is 0.958. The number of aromatic nitrogens is 1. The summed E-state index contributed by atoms with van der Waals surface area (Å²) in [7, 11) is 1.43. The zero-order chi connectivity index (χ0) is 19.7. The predicted octanol–water partition coefficient (Wildman–Crippen LogP) is 4.85. The van der Waals surface area contributed by atoms with Crippen molar-refractivity contribution in [1.82, 2.24) is 4.98 Å². The molecule has 28 heavy (non-hydrogen) atoms. The average molecular weight is 401 g/mol. The van der Waals surface area contributed by atoms with Gasteiger partial charge >= 0.3 is 5.97 Å². The number of fused-ring (bicyclic) bond motifs is 1. The number of ether oxygens (including phenoxy) is 3. The van der Waals surface area contributed by atoms with Crippen molar-refractivity contribution in [2.24, 2.45) is 0 Å². The molecule has 4 rings (SSSR count). The molecule has 0 saturated heterocycles. The second-order valence-corrected chi connectivity index (χ2v) is 7.17. The molecule has 0 bridgehead atoms. The number of thiazole rings is 1. The Kier molecular flexibility index (Phi) is 4.87. The van der Waals surface area contributed by atoms with Crippen LogP contribution in [0.2, 0.25) is 0 Å². The third-order valence-corrected chi connectivity index (χ3v) is 5.30. The number of aromatic carboxylic acids is 1. The lowest BCUT2D eigenvalue weighted by molar-refractivity contribution is 0.0702. The molecule has 144 valence electrons. The summed E-state index contributed by atoms with van der Waals surface area (Å²) in [6.07, 6.45) is 2.16. The van der Waals surface area contributed by atoms with E-state index >= 15 is 0 Å². The Morgan fingerprint density at radius 2 is 2.21 bits per heavy atom. The number of hydrogen-bond acceptors (Lipinski definition) is 6. The predicted molar refractivity (Wildman–Crippen MR) is 100 cm³/mol. The number of carboxylic acids is 1. The van der Waals surface area contributed by atoms with Crippen LogP contribution in [0.1, 0.15) is 33.3 Å². The fourth-order valence-corrected chi connectivity index (χ4v) is 3.71. The standard InChI is InChI=1S/C20H16FNO5S/c1-25-16-4-2-3-13(18(16)21)15-7-5-11-9-12(6-8-14(11)27-15)26-20-22-10-17(28-20)19(23)24/h2-4,6,8-10,15H,5,7H2,1H3,(H,23,24). The minimum atomic E-state index is -1.04. The number of hydrogen-bond donors (Lipinski definition) is 1. The van der Waals surface area contributed by atoms with Gasteiger partial charge in [0.25, 0.3) is 5.19 Å². The van der Waals surface area contributed by atoms with E-state index in [1.54, 1.807) is 30.3 Å². The van der Waals surface area contributed by atoms with E-state index in [2.05, 4.69) is 4.98 Å². The number of nitrogens with zero attached hydrogens (tertiary/aromatic N) is 1. The van der Waals surface area contributed by atoms with Crippen molar-refractivity contribution in [2.45, 2.75) is 18.9 Å². The van der Waals surface area contributed by atoms with E-state index in [0.717, 1.165) is 16.9 Å². The average Bonchev–Trinajstić information content (AvgIpc) is 3.17. The van der Waals surface area contributed by atoms with Crippen LogP contribution in [0.4, 0.5) is 4.39 Å². The van der Waals surface area contributed by atoms with Crippen LogP contribution in [0.25, 0.3) is 0 Å². The molecule has 0 amide bonds. The van der Waals surface area contributed by atoms with Gasteiger partial charge in [0.1, 0.15) is 22.5 Å². The van der Waals surface area contributed by atoms with Gasteiger partial charge in [-0.3, -0.25) is 0 Å². The van der Waals surface area contributed by atoms with E-state index in [-0.39, 0.29) is 15.8 Å². The normalized spacial score (nSPS) is 15.4. The van der Waals surface area contributed by atoms with Crippen molar-refractivity contribution in [3.63, 3.8) is 0 Å². The molecule has 0 saturated carbocycles. The van der Waals surface area contributed by atoms with Crippen LogP contribution in [0.15, 0.2) is 42.6 Å². The van der Waals surface area contributed by atoms with Gasteiger partial charge in [-0.15, -0.1) is 0 Å². The zero-order valence-electron chi connectivity index (χ0n) is 14.8. The van der Waals surface area contributed by atoms with Gasteiger partial charge < -0.3 is 19.3 Å². The summed E-state index contributed by atoms with van der Waals surface area (Å²) in [4.78, 5) is 15.0. The van der Waals surface area contributed by atoms with Crippen molar-refractivity contribution < 1.29 is 28.5 Å². The second kappa shape index (κ2) is 7.47. The zero-order valence-corrected chi connectivity index (χ0v) is 15.7. The molecule has 1 aromatic heterocycles. The first kappa shape index (κ1) is 18.2. The summed E-state index contributed by atoms with van der Waals surface area (Å²) in [5, 5.41) is 9.21. The van der Waals surface area contributed by atoms with Gasteiger partial charge in [0, 0.05) is 5.56 Å². The third kappa shape index (κ3) is 3.50. The molecule has 0 aliphatic carbocycles. The van der Waals surface area contributed by atoms with Crippen LogP contribution in [0.5, 0.6) is 22.4 Å². The molecule has 8 heteroatoms. The highest BCUT2D eigenvalue weighted by molar-refractivity contribution is 7.15. The molecule has 6 nitrogen and oxygen atoms in total. The molecule has 2 heterocycles. The number of aryl methyl sites for hydroxylation is 1. The molecule has 0 radical (unpaired) electrons. The number of carbonyl (C=O) groups is 1. The van der Waals surface area contributed by atoms with Crippen LogP contribution in [0, 0.1) is 5.82 Å². The van der Waals surface area contributed by atoms with Crippen LogP contribution >= 0.6 is 11.3 Å². The molecule has 0 spiro atoms. The first-order chi connectivity index (χ1) is 13.5. The highest BCUT2D eigenvalue weighted by atomic mass is 32.1. The number of benzene rings is 2. The topological polar surface area (TPSA) is 77.9 Å². The maximum Gasteiger partial charge on any atom is 0.347 e. The van der Waals surface area contributed by atoms with Gasteiger partial charge in [0.05, 0.1) is 13.3 Å². The fraction of sp³-hybridized carbons (Fsp3) is 0.200. The third-order valence-electron chi connectivity index (χ3n) is 4.44. The number of carboxylic acid groups (broad SMARTS) is 1. The van der Waals surface area contributed by atoms with Crippen LogP contribution in [-0.4, -0.2) is 23.2 Å². The molecule has 1 aliphatic rings. The molecule has 3 aromatic rings. The van der Waals surface area contributed by atoms with Crippen molar-refractivity contribution in [3.05, 3.63) is 64.4 Å². The van der Waals surface area contributed by atoms with E-state index in [0.29, 0.717) is 29.9 Å². The molecule has 1 atom stereocenters. The lowest BCUT2D eigenvalue weighted by Gasteiger charge is -2.27. The van der Waals surface area contributed by atoms with Gasteiger partial charge in [-0.25, -0.2) is 14.2 Å². The van der Waals surface area contributed by atoms with Crippen LogP contribution < -0.4 is 14.2 Å². The SMILES string of the molecule is COc1cccc(C2CCc3cc(Oc4ncc(C(=O)O)s4)ccc3O2)c1F. The Morgan fingerprint density at radius 1 is 1.36 bits per heavy atom. The lowest BCUT2D eigenvalue weighted by atomic mass is 9.97. The molecular formula is C20H16FNO5S. The Balaban J connectivity index is 1.52. The van der Waals surface area contributed by atoms with E-state index in [9.17, 15) is 9.18 Å². The van der Waals surface area contributed by atoms with Gasteiger partial charge in [-0.05, 0) is 42.7 Å². The molecule has 2 aromatic carbocycles. The minimum absolute atomic E-state index is 0.111. The molecule has 1 aliphatic heterocycles. The number of rotatable bonds is 5. The van der Waals surface area contributed by atoms with Gasteiger partial charge in [-0.2, -0.15) is 0 Å². The maximum atomic E-state index is 14.5. The van der Waals surface area contributed by atoms with E-state index < -0.39 is 17.9 Å². The van der Waals surface area contributed by atoms with Gasteiger partial charge in [0.15, 0.2) is 11.6 Å². The summed E-state index contributed by atoms with van der Waals surface area (Å²) < 4.78 is 31.2. The summed E-state index contributed by atoms with van der Waals surface area (Å²) in [5.74, 6) is -0.0472. The van der Waals surface area contributed by atoms with Gasteiger partial charge in [-0.1, -0.05) is 23.5 Å². The maximum absolute atomic E-state index is 14.5. The van der Waals surface area contributed by atoms with Crippen LogP contribution in [0.3, 0.4) is 0 Å². The Hall–Kier alpha value is -3.13. The highest BCUT2D eigenvalue weighted by Crippen LogP contribution is 2.39.